The number of halogens is 3. The van der Waals surface area contributed by atoms with Crippen molar-refractivity contribution in [2.75, 3.05) is 44.2 Å². The van der Waals surface area contributed by atoms with E-state index in [9.17, 15) is 8.78 Å². The minimum absolute atomic E-state index is 0.105. The van der Waals surface area contributed by atoms with Crippen molar-refractivity contribution in [1.29, 1.82) is 0 Å². The van der Waals surface area contributed by atoms with Crippen LogP contribution in [0.15, 0.2) is 42.7 Å². The highest BCUT2D eigenvalue weighted by atomic mass is 35.5. The first-order valence-electron chi connectivity index (χ1n) is 12.1. The van der Waals surface area contributed by atoms with Gasteiger partial charge in [0.1, 0.15) is 17.3 Å². The smallest absolute Gasteiger partial charge is 0.144 e. The molecule has 3 aromatic heterocycles. The molecule has 0 unspecified atom stereocenters. The fraction of sp³-hybridized carbons (Fsp3) is 0.346. The van der Waals surface area contributed by atoms with Crippen LogP contribution in [0.1, 0.15) is 13.8 Å². The van der Waals surface area contributed by atoms with Gasteiger partial charge in [0, 0.05) is 68.7 Å². The molecule has 7 nitrogen and oxygen atoms in total. The number of pyridine rings is 2. The molecule has 2 N–H and O–H groups in total. The molecule has 1 saturated heterocycles. The summed E-state index contributed by atoms with van der Waals surface area (Å²) in [5, 5.41) is 10.3. The molecule has 1 fully saturated rings. The maximum Gasteiger partial charge on any atom is 0.144 e. The normalized spacial score (nSPS) is 14.8. The van der Waals surface area contributed by atoms with Crippen LogP contribution in [0.25, 0.3) is 33.5 Å². The molecular formula is C26H28ClF2N7. The maximum absolute atomic E-state index is 14.5. The van der Waals surface area contributed by atoms with Gasteiger partial charge >= 0.3 is 0 Å². The Morgan fingerprint density at radius 2 is 1.83 bits per heavy atom. The van der Waals surface area contributed by atoms with E-state index >= 15 is 0 Å². The first-order valence-corrected chi connectivity index (χ1v) is 12.4. The summed E-state index contributed by atoms with van der Waals surface area (Å²) in [5.74, 6) is -1.56. The van der Waals surface area contributed by atoms with Gasteiger partial charge in [-0.25, -0.2) is 13.8 Å². The summed E-state index contributed by atoms with van der Waals surface area (Å²) in [6, 6.07) is 8.24. The molecule has 5 rings (SSSR count). The first-order chi connectivity index (χ1) is 17.4. The Kier molecular flexibility index (Phi) is 7.13. The van der Waals surface area contributed by atoms with Gasteiger partial charge in [0.2, 0.25) is 0 Å². The van der Waals surface area contributed by atoms with Crippen LogP contribution >= 0.6 is 11.6 Å². The quantitative estimate of drug-likeness (QED) is 0.349. The molecule has 0 aliphatic carbocycles. The zero-order valence-corrected chi connectivity index (χ0v) is 21.0. The van der Waals surface area contributed by atoms with Crippen molar-refractivity contribution >= 4 is 28.3 Å². The number of nitrogens with one attached hydrogen (secondary N) is 2. The Bertz CT molecular complexity index is 1370. The molecule has 0 radical (unpaired) electrons. The topological polar surface area (TPSA) is 73.0 Å². The highest BCUT2D eigenvalue weighted by Crippen LogP contribution is 2.34. The van der Waals surface area contributed by atoms with Crippen molar-refractivity contribution in [1.82, 2.24) is 30.4 Å². The van der Waals surface area contributed by atoms with Gasteiger partial charge in [0.25, 0.3) is 0 Å². The number of nitrogens with zero attached hydrogens (tertiary/aromatic N) is 5. The highest BCUT2D eigenvalue weighted by Gasteiger charge is 2.20. The number of aromatic nitrogens is 4. The van der Waals surface area contributed by atoms with E-state index in [2.05, 4.69) is 44.1 Å². The number of aromatic amines is 1. The lowest BCUT2D eigenvalue weighted by Crippen LogP contribution is -2.48. The third-order valence-corrected chi connectivity index (χ3v) is 6.71. The average molecular weight is 512 g/mol. The largest absolute Gasteiger partial charge is 0.368 e. The van der Waals surface area contributed by atoms with Gasteiger partial charge in [0.05, 0.1) is 33.6 Å². The van der Waals surface area contributed by atoms with Gasteiger partial charge < -0.3 is 10.2 Å². The van der Waals surface area contributed by atoms with E-state index < -0.39 is 11.6 Å². The molecule has 10 heteroatoms. The Morgan fingerprint density at radius 3 is 2.61 bits per heavy atom. The summed E-state index contributed by atoms with van der Waals surface area (Å²) in [5.41, 5.74) is 4.14. The highest BCUT2D eigenvalue weighted by molar-refractivity contribution is 6.31. The Morgan fingerprint density at radius 1 is 1.03 bits per heavy atom. The van der Waals surface area contributed by atoms with Crippen LogP contribution in [0.2, 0.25) is 5.02 Å². The van der Waals surface area contributed by atoms with Crippen LogP contribution < -0.4 is 10.2 Å². The number of H-pyrrole nitrogens is 1. The van der Waals surface area contributed by atoms with Crippen LogP contribution in [-0.2, 0) is 0 Å². The molecule has 1 aliphatic rings. The zero-order chi connectivity index (χ0) is 25.2. The van der Waals surface area contributed by atoms with Crippen molar-refractivity contribution in [3.8, 4) is 22.5 Å². The predicted molar refractivity (Wildman–Crippen MR) is 139 cm³/mol. The van der Waals surface area contributed by atoms with E-state index in [1.165, 1.54) is 6.07 Å². The minimum atomic E-state index is -0.814. The number of hydrogen-bond acceptors (Lipinski definition) is 6. The van der Waals surface area contributed by atoms with Crippen molar-refractivity contribution < 1.29 is 8.78 Å². The fourth-order valence-electron chi connectivity index (χ4n) is 4.45. The van der Waals surface area contributed by atoms with Crippen LogP contribution in [0, 0.1) is 11.6 Å². The molecule has 1 aromatic carbocycles. The molecule has 0 saturated carbocycles. The van der Waals surface area contributed by atoms with Gasteiger partial charge in [0.15, 0.2) is 0 Å². The summed E-state index contributed by atoms with van der Waals surface area (Å²) < 4.78 is 28.2. The summed E-state index contributed by atoms with van der Waals surface area (Å²) in [6.07, 6.45) is 3.53. The van der Waals surface area contributed by atoms with Crippen LogP contribution in [0.3, 0.4) is 0 Å². The number of fused-ring (bicyclic) bond motifs is 1. The second kappa shape index (κ2) is 10.5. The molecule has 0 bridgehead atoms. The van der Waals surface area contributed by atoms with E-state index in [1.807, 2.05) is 24.4 Å². The van der Waals surface area contributed by atoms with Gasteiger partial charge in [-0.2, -0.15) is 5.10 Å². The second-order valence-corrected chi connectivity index (χ2v) is 9.67. The third-order valence-electron chi connectivity index (χ3n) is 6.42. The molecule has 36 heavy (non-hydrogen) atoms. The van der Waals surface area contributed by atoms with Gasteiger partial charge in [-0.1, -0.05) is 25.4 Å². The first kappa shape index (κ1) is 24.5. The lowest BCUT2D eigenvalue weighted by atomic mass is 10.0. The monoisotopic (exact) mass is 511 g/mol. The van der Waals surface area contributed by atoms with E-state index in [0.717, 1.165) is 62.1 Å². The summed E-state index contributed by atoms with van der Waals surface area (Å²) in [7, 11) is 0. The van der Waals surface area contributed by atoms with E-state index in [1.54, 1.807) is 6.20 Å². The molecule has 0 amide bonds. The van der Waals surface area contributed by atoms with Crippen LogP contribution in [-0.4, -0.2) is 70.4 Å². The lowest BCUT2D eigenvalue weighted by molar-refractivity contribution is 0.255. The fourth-order valence-corrected chi connectivity index (χ4v) is 4.62. The molecule has 188 valence electrons. The lowest BCUT2D eigenvalue weighted by Gasteiger charge is -2.36. The molecule has 4 aromatic rings. The molecule has 4 heterocycles. The summed E-state index contributed by atoms with van der Waals surface area (Å²) in [4.78, 5) is 14.2. The number of benzene rings is 1. The van der Waals surface area contributed by atoms with Crippen molar-refractivity contribution in [3.05, 3.63) is 59.4 Å². The maximum atomic E-state index is 14.5. The van der Waals surface area contributed by atoms with Crippen molar-refractivity contribution in [2.45, 2.75) is 19.9 Å². The number of piperazine rings is 1. The second-order valence-electron chi connectivity index (χ2n) is 9.26. The van der Waals surface area contributed by atoms with Crippen LogP contribution in [0.5, 0.6) is 0 Å². The standard InChI is InChI=1S/C26H28ClF2N7/c1-16(2)30-5-6-35-7-9-36(10-8-35)17-11-25-24(31-14-17)4-3-23(33-25)19-15-32-34-26(19)18-12-20(27)22(29)13-21(18)28/h3-4,11-16,30H,5-10H2,1-2H3,(H,32,34). The summed E-state index contributed by atoms with van der Waals surface area (Å²) in [6.45, 7) is 10.2. The molecule has 1 aliphatic heterocycles. The van der Waals surface area contributed by atoms with E-state index in [-0.39, 0.29) is 10.6 Å². The van der Waals surface area contributed by atoms with Crippen LogP contribution in [0.4, 0.5) is 14.5 Å². The van der Waals surface area contributed by atoms with Crippen molar-refractivity contribution in [3.63, 3.8) is 0 Å². The van der Waals surface area contributed by atoms with Gasteiger partial charge in [-0.05, 0) is 24.3 Å². The SMILES string of the molecule is CC(C)NCCN1CCN(c2cnc3ccc(-c4c[nH]nc4-c4cc(Cl)c(F)cc4F)nc3c2)CC1. The van der Waals surface area contributed by atoms with E-state index in [4.69, 9.17) is 16.6 Å². The van der Waals surface area contributed by atoms with E-state index in [0.29, 0.717) is 23.0 Å². The Hall–Kier alpha value is -3.14. The zero-order valence-electron chi connectivity index (χ0n) is 20.2. The third kappa shape index (κ3) is 5.18. The number of hydrogen-bond donors (Lipinski definition) is 2. The Labute approximate surface area is 213 Å². The number of rotatable bonds is 7. The van der Waals surface area contributed by atoms with Gasteiger partial charge in [-0.15, -0.1) is 0 Å². The minimum Gasteiger partial charge on any atom is -0.368 e. The van der Waals surface area contributed by atoms with Crippen molar-refractivity contribution in [2.24, 2.45) is 0 Å². The molecular weight excluding hydrogens is 484 g/mol. The molecule has 0 spiro atoms. The van der Waals surface area contributed by atoms with Gasteiger partial charge in [-0.3, -0.25) is 15.0 Å². The average Bonchev–Trinajstić information content (AvgIpc) is 3.35. The summed E-state index contributed by atoms with van der Waals surface area (Å²) >= 11 is 5.90. The predicted octanol–water partition coefficient (Wildman–Crippen LogP) is 4.74. The number of anilines is 1. The Balaban J connectivity index is 1.37. The molecule has 0 atom stereocenters.